The summed E-state index contributed by atoms with van der Waals surface area (Å²) >= 11 is 0. The van der Waals surface area contributed by atoms with E-state index in [9.17, 15) is 0 Å². The zero-order valence-electron chi connectivity index (χ0n) is 11.1. The highest BCUT2D eigenvalue weighted by Gasteiger charge is 2.28. The van der Waals surface area contributed by atoms with Crippen molar-refractivity contribution in [3.63, 3.8) is 0 Å². The molecule has 0 amide bonds. The summed E-state index contributed by atoms with van der Waals surface area (Å²) < 4.78 is 0. The molecule has 1 N–H and O–H groups in total. The standard InChI is InChI=1S/C14H29N/c1-5-11(2)8-14-9-12(3)6-7-13(14)10-15-4/h11-15H,5-10H2,1-4H3. The molecule has 0 bridgehead atoms. The van der Waals surface area contributed by atoms with E-state index in [0.717, 1.165) is 23.7 Å². The Morgan fingerprint density at radius 2 is 2.00 bits per heavy atom. The van der Waals surface area contributed by atoms with Gasteiger partial charge in [-0.1, -0.05) is 33.6 Å². The Labute approximate surface area is 96.0 Å². The molecule has 1 aliphatic rings. The van der Waals surface area contributed by atoms with E-state index in [-0.39, 0.29) is 0 Å². The Morgan fingerprint density at radius 1 is 1.27 bits per heavy atom. The van der Waals surface area contributed by atoms with Gasteiger partial charge in [0.05, 0.1) is 0 Å². The van der Waals surface area contributed by atoms with Gasteiger partial charge in [-0.15, -0.1) is 0 Å². The predicted octanol–water partition coefficient (Wildman–Crippen LogP) is 3.69. The molecule has 1 saturated carbocycles. The van der Waals surface area contributed by atoms with Crippen molar-refractivity contribution in [1.82, 2.24) is 5.32 Å². The van der Waals surface area contributed by atoms with Gasteiger partial charge in [-0.05, 0) is 56.5 Å². The van der Waals surface area contributed by atoms with E-state index in [0.29, 0.717) is 0 Å². The van der Waals surface area contributed by atoms with Crippen LogP contribution < -0.4 is 5.32 Å². The smallest absolute Gasteiger partial charge is 0.00209 e. The average Bonchev–Trinajstić information content (AvgIpc) is 2.22. The molecule has 1 rings (SSSR count). The van der Waals surface area contributed by atoms with E-state index >= 15 is 0 Å². The van der Waals surface area contributed by atoms with Gasteiger partial charge < -0.3 is 5.32 Å². The van der Waals surface area contributed by atoms with E-state index < -0.39 is 0 Å². The van der Waals surface area contributed by atoms with E-state index in [1.54, 1.807) is 0 Å². The summed E-state index contributed by atoms with van der Waals surface area (Å²) in [6, 6.07) is 0. The maximum atomic E-state index is 3.37. The summed E-state index contributed by atoms with van der Waals surface area (Å²) in [7, 11) is 2.10. The Balaban J connectivity index is 2.45. The highest BCUT2D eigenvalue weighted by atomic mass is 14.8. The summed E-state index contributed by atoms with van der Waals surface area (Å²) in [5.41, 5.74) is 0. The summed E-state index contributed by atoms with van der Waals surface area (Å²) in [5.74, 6) is 3.81. The van der Waals surface area contributed by atoms with Crippen molar-refractivity contribution < 1.29 is 0 Å². The Morgan fingerprint density at radius 3 is 2.60 bits per heavy atom. The third-order valence-corrected chi connectivity index (χ3v) is 4.27. The molecule has 1 nitrogen and oxygen atoms in total. The molecule has 0 spiro atoms. The van der Waals surface area contributed by atoms with Crippen molar-refractivity contribution >= 4 is 0 Å². The molecule has 1 heteroatoms. The Kier molecular flexibility index (Phi) is 5.66. The Bertz CT molecular complexity index is 167. The first kappa shape index (κ1) is 13.0. The molecule has 1 fully saturated rings. The minimum Gasteiger partial charge on any atom is -0.319 e. The second-order valence-corrected chi connectivity index (χ2v) is 5.75. The van der Waals surface area contributed by atoms with Crippen LogP contribution in [0.5, 0.6) is 0 Å². The monoisotopic (exact) mass is 211 g/mol. The fourth-order valence-electron chi connectivity index (χ4n) is 3.06. The molecule has 0 heterocycles. The zero-order chi connectivity index (χ0) is 11.3. The van der Waals surface area contributed by atoms with Gasteiger partial charge in [0, 0.05) is 0 Å². The summed E-state index contributed by atoms with van der Waals surface area (Å²) in [4.78, 5) is 0. The van der Waals surface area contributed by atoms with Crippen LogP contribution >= 0.6 is 0 Å². The minimum atomic E-state index is 0.916. The first-order valence-corrected chi connectivity index (χ1v) is 6.81. The maximum absolute atomic E-state index is 3.37. The lowest BCUT2D eigenvalue weighted by Crippen LogP contribution is -2.32. The SMILES string of the molecule is CCC(C)CC1CC(C)CCC1CNC. The van der Waals surface area contributed by atoms with Crippen molar-refractivity contribution in [3.8, 4) is 0 Å². The molecule has 0 aliphatic heterocycles. The van der Waals surface area contributed by atoms with Gasteiger partial charge in [0.2, 0.25) is 0 Å². The minimum absolute atomic E-state index is 0.916. The highest BCUT2D eigenvalue weighted by Crippen LogP contribution is 2.37. The molecule has 15 heavy (non-hydrogen) atoms. The molecule has 4 atom stereocenters. The van der Waals surface area contributed by atoms with Crippen LogP contribution in [-0.2, 0) is 0 Å². The molecular formula is C14H29N. The van der Waals surface area contributed by atoms with E-state index in [4.69, 9.17) is 0 Å². The van der Waals surface area contributed by atoms with Crippen molar-refractivity contribution in [2.75, 3.05) is 13.6 Å². The van der Waals surface area contributed by atoms with E-state index in [1.807, 2.05) is 0 Å². The van der Waals surface area contributed by atoms with Gasteiger partial charge >= 0.3 is 0 Å². The van der Waals surface area contributed by atoms with Crippen LogP contribution in [0, 0.1) is 23.7 Å². The fraction of sp³-hybridized carbons (Fsp3) is 1.00. The molecule has 90 valence electrons. The van der Waals surface area contributed by atoms with Crippen LogP contribution in [0.3, 0.4) is 0 Å². The number of hydrogen-bond donors (Lipinski definition) is 1. The van der Waals surface area contributed by atoms with Gasteiger partial charge in [-0.3, -0.25) is 0 Å². The first-order chi connectivity index (χ1) is 7.17. The van der Waals surface area contributed by atoms with Crippen LogP contribution in [-0.4, -0.2) is 13.6 Å². The van der Waals surface area contributed by atoms with Crippen molar-refractivity contribution in [1.29, 1.82) is 0 Å². The number of rotatable bonds is 5. The zero-order valence-corrected chi connectivity index (χ0v) is 11.1. The van der Waals surface area contributed by atoms with Gasteiger partial charge in [0.25, 0.3) is 0 Å². The first-order valence-electron chi connectivity index (χ1n) is 6.81. The van der Waals surface area contributed by atoms with Crippen LogP contribution in [0.4, 0.5) is 0 Å². The molecular weight excluding hydrogens is 182 g/mol. The molecule has 4 unspecified atom stereocenters. The third kappa shape index (κ3) is 4.14. The molecule has 0 radical (unpaired) electrons. The van der Waals surface area contributed by atoms with Gasteiger partial charge in [0.1, 0.15) is 0 Å². The van der Waals surface area contributed by atoms with Crippen LogP contribution in [0.1, 0.15) is 52.9 Å². The van der Waals surface area contributed by atoms with E-state index in [1.165, 1.54) is 38.6 Å². The third-order valence-electron chi connectivity index (χ3n) is 4.27. The normalized spacial score (nSPS) is 34.0. The van der Waals surface area contributed by atoms with Crippen molar-refractivity contribution in [2.24, 2.45) is 23.7 Å². The van der Waals surface area contributed by atoms with E-state index in [2.05, 4.69) is 33.1 Å². The lowest BCUT2D eigenvalue weighted by Gasteiger charge is -2.36. The molecule has 0 aromatic rings. The average molecular weight is 211 g/mol. The lowest BCUT2D eigenvalue weighted by molar-refractivity contribution is 0.158. The van der Waals surface area contributed by atoms with Crippen LogP contribution in [0.15, 0.2) is 0 Å². The number of nitrogens with one attached hydrogen (secondary N) is 1. The van der Waals surface area contributed by atoms with Crippen molar-refractivity contribution in [2.45, 2.75) is 52.9 Å². The van der Waals surface area contributed by atoms with Crippen LogP contribution in [0.25, 0.3) is 0 Å². The van der Waals surface area contributed by atoms with Crippen molar-refractivity contribution in [3.05, 3.63) is 0 Å². The summed E-state index contributed by atoms with van der Waals surface area (Å²) in [6.45, 7) is 8.40. The summed E-state index contributed by atoms with van der Waals surface area (Å²) in [6.07, 6.45) is 7.16. The fourth-order valence-corrected chi connectivity index (χ4v) is 3.06. The van der Waals surface area contributed by atoms with Gasteiger partial charge in [0.15, 0.2) is 0 Å². The molecule has 0 aromatic heterocycles. The quantitative estimate of drug-likeness (QED) is 0.731. The largest absolute Gasteiger partial charge is 0.319 e. The topological polar surface area (TPSA) is 12.0 Å². The van der Waals surface area contributed by atoms with Gasteiger partial charge in [-0.2, -0.15) is 0 Å². The van der Waals surface area contributed by atoms with Crippen LogP contribution in [0.2, 0.25) is 0 Å². The molecule has 0 aromatic carbocycles. The Hall–Kier alpha value is -0.0400. The second-order valence-electron chi connectivity index (χ2n) is 5.75. The number of hydrogen-bond acceptors (Lipinski definition) is 1. The second kappa shape index (κ2) is 6.52. The highest BCUT2D eigenvalue weighted by molar-refractivity contribution is 4.80. The lowest BCUT2D eigenvalue weighted by atomic mass is 9.71. The summed E-state index contributed by atoms with van der Waals surface area (Å²) in [5, 5.41) is 3.37. The predicted molar refractivity (Wildman–Crippen MR) is 68.0 cm³/mol. The molecule has 0 saturated heterocycles. The van der Waals surface area contributed by atoms with Gasteiger partial charge in [-0.25, -0.2) is 0 Å². The molecule has 1 aliphatic carbocycles. The maximum Gasteiger partial charge on any atom is -0.00209 e.